The molecule has 756 valence electrons. The lowest BCUT2D eigenvalue weighted by Gasteiger charge is -2.53. The zero-order chi connectivity index (χ0) is 94.3. The second-order valence-corrected chi connectivity index (χ2v) is 34.2. The zero-order valence-electron chi connectivity index (χ0n) is 79.8. The van der Waals surface area contributed by atoms with Crippen molar-refractivity contribution in [1.82, 2.24) is 10.6 Å². The van der Waals surface area contributed by atoms with E-state index in [-0.39, 0.29) is 74.7 Å². The maximum atomic E-state index is 10.7. The van der Waals surface area contributed by atoms with Crippen molar-refractivity contribution in [3.8, 4) is 0 Å². The molecule has 0 amide bonds. The molecule has 2 aliphatic carbocycles. The van der Waals surface area contributed by atoms with Gasteiger partial charge in [0.25, 0.3) is 0 Å². The van der Waals surface area contributed by atoms with Gasteiger partial charge >= 0.3 is 0 Å². The van der Waals surface area contributed by atoms with Crippen LogP contribution in [-0.2, 0) is 171 Å². The van der Waals surface area contributed by atoms with Gasteiger partial charge in [-0.3, -0.25) is 0 Å². The Morgan fingerprint density at radius 1 is 0.305 bits per heavy atom. The van der Waals surface area contributed by atoms with Crippen molar-refractivity contribution in [3.05, 3.63) is 11.6 Å². The molecule has 7 fully saturated rings. The fraction of sp³-hybridized carbons (Fsp3) is 0.976. The highest BCUT2D eigenvalue weighted by Gasteiger charge is 2.61. The highest BCUT2D eigenvalue weighted by Crippen LogP contribution is 2.45. The minimum Gasteiger partial charge on any atom is -0.396 e. The number of thioether (sulfide) groups is 1. The number of methoxy groups -OCH3 is 24. The molecule has 44 heteroatoms. The molecule has 6 aliphatic heterocycles. The third kappa shape index (κ3) is 29.6. The standard InChI is InChI=1S/C42H79NO19S2.C38H69NO18.C4H10OS2/c1-22-27(43-28-33(50-7)29(48-5)23(18-44)24(19-45-2)39(28)64-17-15-57-14-16-63)32(49-6)36(53-10)41(58-22)61-31-26(21-47-4)60-42(38(55-12)35(31)52-9)62-30-25(20-46-3)59-40(56-13)37(54-11)34(30)51-8;1-19-25(39-22-14-20(16-41-2)21(15-40)26(44-5)27(22)45-6)30(46-7)33(49-10)37(53-19)56-29-24(18-43-4)55-38(35(51-12)32(29)48-9)57-28-23(17-42-3)54-36(52-13)34(50-11)31(28)47-8;6-3-1-5-2-4-7/h22-44,63H,14-21H2,1-13H3;14,19,21-40H,15-18H2,1-13H3;6-7H,1-4H2/t22?,23-,24?,25?,26?,27-,28-,29+,30-,31-,32+,33?,34+,35+,36?,37?,38?,39?,40?,41-,42-;19?,21-,22+,23?,24?,25-,26+,27?,28-,29-,30+,31+,32+,33?,34?,35?,36?,37-,38-;/m00./s1. The minimum atomic E-state index is -1.02. The molecule has 0 aromatic rings. The van der Waals surface area contributed by atoms with Crippen LogP contribution in [-0.4, -0.2) is 509 Å². The number of hydrogen-bond acceptors (Lipinski definition) is 44. The molecular weight excluding hydrogens is 1770 g/mol. The fourth-order valence-electron chi connectivity index (χ4n) is 18.9. The van der Waals surface area contributed by atoms with Gasteiger partial charge in [-0.25, -0.2) is 0 Å². The quantitative estimate of drug-likeness (QED) is 0.0250. The van der Waals surface area contributed by atoms with Crippen LogP contribution in [0.25, 0.3) is 0 Å². The van der Waals surface area contributed by atoms with E-state index < -0.39 is 209 Å². The number of hydrogen-bond donors (Lipinski definition) is 7. The van der Waals surface area contributed by atoms with Gasteiger partial charge in [0.1, 0.15) is 128 Å². The predicted molar refractivity (Wildman–Crippen MR) is 474 cm³/mol. The van der Waals surface area contributed by atoms with Gasteiger partial charge in [-0.1, -0.05) is 6.08 Å². The molecule has 18 unspecified atom stereocenters. The highest BCUT2D eigenvalue weighted by atomic mass is 32.2. The summed E-state index contributed by atoms with van der Waals surface area (Å²) in [5, 5.41) is 28.5. The number of thiol groups is 3. The van der Waals surface area contributed by atoms with E-state index in [4.69, 9.17) is 171 Å². The average molecular weight is 1930 g/mol. The van der Waals surface area contributed by atoms with Crippen LogP contribution in [0.2, 0.25) is 0 Å². The van der Waals surface area contributed by atoms with Gasteiger partial charge in [0.2, 0.25) is 0 Å². The van der Waals surface area contributed by atoms with Crippen molar-refractivity contribution >= 4 is 49.6 Å². The first-order valence-electron chi connectivity index (χ1n) is 43.2. The Bertz CT molecular complexity index is 2890. The molecule has 0 spiro atoms. The molecule has 0 radical (unpaired) electrons. The van der Waals surface area contributed by atoms with E-state index in [1.807, 2.05) is 19.9 Å². The van der Waals surface area contributed by atoms with Crippen molar-refractivity contribution < 1.29 is 181 Å². The summed E-state index contributed by atoms with van der Waals surface area (Å²) < 4.78 is 218. The number of nitrogens with one attached hydrogen (secondary N) is 2. The molecule has 40 nitrogen and oxygen atoms in total. The van der Waals surface area contributed by atoms with Crippen LogP contribution in [0.4, 0.5) is 0 Å². The Balaban J connectivity index is 0.000000369. The summed E-state index contributed by atoms with van der Waals surface area (Å²) in [5.41, 5.74) is 0.892. The molecule has 6 saturated heterocycles. The van der Waals surface area contributed by atoms with Gasteiger partial charge in [-0.15, -0.1) is 0 Å². The number of rotatable bonds is 54. The Labute approximate surface area is 779 Å². The smallest absolute Gasteiger partial charge is 0.187 e. The zero-order valence-corrected chi connectivity index (χ0v) is 83.3. The first kappa shape index (κ1) is 116. The van der Waals surface area contributed by atoms with Gasteiger partial charge in [0.15, 0.2) is 37.7 Å². The topological polar surface area (TPSA) is 397 Å². The van der Waals surface area contributed by atoms with Gasteiger partial charge < -0.3 is 191 Å². The molecule has 1 saturated carbocycles. The first-order chi connectivity index (χ1) is 62.1. The molecule has 8 aliphatic rings. The molecule has 8 rings (SSSR count). The van der Waals surface area contributed by atoms with E-state index in [0.29, 0.717) is 37.9 Å². The summed E-state index contributed by atoms with van der Waals surface area (Å²) >= 11 is 13.9. The molecule has 40 atom stereocenters. The van der Waals surface area contributed by atoms with Crippen LogP contribution in [0.1, 0.15) is 13.8 Å². The first-order valence-corrected chi connectivity index (χ1v) is 46.1. The van der Waals surface area contributed by atoms with Crippen LogP contribution in [0, 0.1) is 17.8 Å². The summed E-state index contributed by atoms with van der Waals surface area (Å²) in [5.74, 6) is 2.26. The Hall–Kier alpha value is -0.460. The van der Waals surface area contributed by atoms with E-state index in [1.54, 1.807) is 161 Å². The fourth-order valence-corrected chi connectivity index (χ4v) is 20.7. The summed E-state index contributed by atoms with van der Waals surface area (Å²) in [6.07, 6.45) is -20.4. The van der Waals surface area contributed by atoms with Crippen LogP contribution in [0.3, 0.4) is 0 Å². The van der Waals surface area contributed by atoms with E-state index in [9.17, 15) is 10.2 Å². The molecule has 128 heavy (non-hydrogen) atoms. The SMILES string of the molecule is COCC1=C[C@@H](N[C@H]2C(C)O[C@@H](O[C@H]3C(COC)O[C@@H](O[C@H]4C(COC)OC(OC)C(OC)[C@@H]4OC)C(OC)[C@@H]3OC)C(OC)[C@@H]2OC)C(OC)[C@H](OC)[C@H]1CO.COCC1C(SCCOCCS)[C@@H](N[C@H]2C(C)O[C@@H](O[C@H]3C(COC)O[C@@H](O[C@H]4C(COC)OC(OC)C(OC)[C@@H]4OC)C(OC)[C@@H]3OC)C(OC)[C@@H]2OC)C(OC)[C@H](OC)[C@H]1CO.SCCOCCS. The van der Waals surface area contributed by atoms with E-state index in [1.165, 1.54) is 21.3 Å². The van der Waals surface area contributed by atoms with E-state index >= 15 is 0 Å². The maximum Gasteiger partial charge on any atom is 0.187 e. The van der Waals surface area contributed by atoms with Crippen LogP contribution < -0.4 is 10.6 Å². The van der Waals surface area contributed by atoms with Crippen LogP contribution in [0.15, 0.2) is 11.6 Å². The van der Waals surface area contributed by atoms with Crippen molar-refractivity contribution in [2.45, 2.75) is 240 Å². The Kier molecular flexibility index (Phi) is 56.8. The Morgan fingerprint density at radius 2 is 0.617 bits per heavy atom. The van der Waals surface area contributed by atoms with Crippen molar-refractivity contribution in [1.29, 1.82) is 0 Å². The highest BCUT2D eigenvalue weighted by molar-refractivity contribution is 8.00. The summed E-state index contributed by atoms with van der Waals surface area (Å²) in [7, 11) is 38.0. The van der Waals surface area contributed by atoms with Crippen molar-refractivity contribution in [2.24, 2.45) is 17.8 Å². The van der Waals surface area contributed by atoms with Crippen LogP contribution in [0.5, 0.6) is 0 Å². The predicted octanol–water partition coefficient (Wildman–Crippen LogP) is 0.665. The van der Waals surface area contributed by atoms with E-state index in [0.717, 1.165) is 30.3 Å². The summed E-state index contributed by atoms with van der Waals surface area (Å²) in [6, 6.07) is -1.53. The molecule has 6 heterocycles. The van der Waals surface area contributed by atoms with Crippen LogP contribution >= 0.6 is 49.6 Å². The Morgan fingerprint density at radius 3 is 0.930 bits per heavy atom. The maximum absolute atomic E-state index is 10.7. The van der Waals surface area contributed by atoms with E-state index in [2.05, 4.69) is 48.5 Å². The van der Waals surface area contributed by atoms with Gasteiger partial charge in [0.05, 0.1) is 121 Å². The van der Waals surface area contributed by atoms with Crippen molar-refractivity contribution in [2.75, 3.05) is 273 Å². The number of aliphatic hydroxyl groups excluding tert-OH is 2. The van der Waals surface area contributed by atoms with Crippen molar-refractivity contribution in [3.63, 3.8) is 0 Å². The molecule has 0 bridgehead atoms. The molecule has 0 aromatic carbocycles. The largest absolute Gasteiger partial charge is 0.396 e. The number of aliphatic hydroxyl groups is 2. The molecule has 0 aromatic heterocycles. The summed E-state index contributed by atoms with van der Waals surface area (Å²) in [6.45, 7) is 7.47. The number of ether oxygens (including phenoxy) is 36. The third-order valence-corrected chi connectivity index (χ3v) is 26.7. The lowest BCUT2D eigenvalue weighted by atomic mass is 9.72. The minimum absolute atomic E-state index is 0.0956. The molecular formula is C84H158N2O38S4. The van der Waals surface area contributed by atoms with Gasteiger partial charge in [0, 0.05) is 229 Å². The third-order valence-electron chi connectivity index (χ3n) is 24.7. The lowest BCUT2D eigenvalue weighted by Crippen LogP contribution is -2.72. The van der Waals surface area contributed by atoms with Gasteiger partial charge in [-0.05, 0) is 19.4 Å². The normalized spacial score (nSPS) is 40.6. The van der Waals surface area contributed by atoms with Gasteiger partial charge in [-0.2, -0.15) is 49.6 Å². The monoisotopic (exact) mass is 1930 g/mol. The second-order valence-electron chi connectivity index (χ2n) is 31.6. The summed E-state index contributed by atoms with van der Waals surface area (Å²) in [4.78, 5) is 0. The molecule has 4 N–H and O–H groups in total. The second kappa shape index (κ2) is 62.6. The average Bonchev–Trinajstić information content (AvgIpc) is 0.756. The lowest BCUT2D eigenvalue weighted by molar-refractivity contribution is -0.381.